The molecule has 0 aliphatic carbocycles. The van der Waals surface area contributed by atoms with Gasteiger partial charge in [-0.3, -0.25) is 0 Å². The standard InChI is InChI=1S/C11H16ClNO3/c1-16-11-3-2-9(12)8-10(11)13(4-6-14)5-7-15/h2-3,8,14-15H,4-7H2,1H3. The summed E-state index contributed by atoms with van der Waals surface area (Å²) in [4.78, 5) is 1.82. The van der Waals surface area contributed by atoms with Crippen molar-refractivity contribution >= 4 is 17.3 Å². The molecular formula is C11H16ClNO3. The first kappa shape index (κ1) is 13.1. The fraction of sp³-hybridized carbons (Fsp3) is 0.455. The molecule has 0 saturated carbocycles. The fourth-order valence-electron chi connectivity index (χ4n) is 1.50. The summed E-state index contributed by atoms with van der Waals surface area (Å²) < 4.78 is 5.21. The first-order valence-corrected chi connectivity index (χ1v) is 5.41. The molecule has 1 aromatic carbocycles. The van der Waals surface area contributed by atoms with Crippen molar-refractivity contribution in [3.63, 3.8) is 0 Å². The van der Waals surface area contributed by atoms with Crippen LogP contribution in [0.25, 0.3) is 0 Å². The Morgan fingerprint density at radius 3 is 2.38 bits per heavy atom. The summed E-state index contributed by atoms with van der Waals surface area (Å²) in [6, 6.07) is 5.26. The van der Waals surface area contributed by atoms with E-state index in [4.69, 9.17) is 26.6 Å². The van der Waals surface area contributed by atoms with Crippen molar-refractivity contribution in [2.24, 2.45) is 0 Å². The highest BCUT2D eigenvalue weighted by molar-refractivity contribution is 6.30. The number of benzene rings is 1. The number of ether oxygens (including phenoxy) is 1. The molecule has 0 unspecified atom stereocenters. The maximum atomic E-state index is 8.96. The van der Waals surface area contributed by atoms with E-state index in [1.165, 1.54) is 0 Å². The van der Waals surface area contributed by atoms with Crippen LogP contribution in [-0.4, -0.2) is 43.6 Å². The lowest BCUT2D eigenvalue weighted by molar-refractivity contribution is 0.280. The second-order valence-corrected chi connectivity index (χ2v) is 3.69. The van der Waals surface area contributed by atoms with Crippen LogP contribution in [-0.2, 0) is 0 Å². The molecule has 0 fully saturated rings. The van der Waals surface area contributed by atoms with Gasteiger partial charge in [0.25, 0.3) is 0 Å². The zero-order chi connectivity index (χ0) is 12.0. The number of hydrogen-bond donors (Lipinski definition) is 2. The molecule has 2 N–H and O–H groups in total. The Labute approximate surface area is 100 Å². The molecule has 0 aliphatic heterocycles. The van der Waals surface area contributed by atoms with Crippen molar-refractivity contribution in [1.29, 1.82) is 0 Å². The number of halogens is 1. The van der Waals surface area contributed by atoms with Gasteiger partial charge in [0.2, 0.25) is 0 Å². The lowest BCUT2D eigenvalue weighted by atomic mass is 10.2. The molecule has 0 spiro atoms. The summed E-state index contributed by atoms with van der Waals surface area (Å²) in [6.45, 7) is 0.875. The third kappa shape index (κ3) is 3.27. The van der Waals surface area contributed by atoms with Crippen molar-refractivity contribution in [3.8, 4) is 5.75 Å². The third-order valence-electron chi connectivity index (χ3n) is 2.22. The van der Waals surface area contributed by atoms with Gasteiger partial charge >= 0.3 is 0 Å². The fourth-order valence-corrected chi connectivity index (χ4v) is 1.67. The lowest BCUT2D eigenvalue weighted by Gasteiger charge is -2.25. The zero-order valence-corrected chi connectivity index (χ0v) is 9.94. The average Bonchev–Trinajstić information content (AvgIpc) is 2.29. The quantitative estimate of drug-likeness (QED) is 0.789. The number of methoxy groups -OCH3 is 1. The van der Waals surface area contributed by atoms with Gasteiger partial charge in [0.05, 0.1) is 26.0 Å². The zero-order valence-electron chi connectivity index (χ0n) is 9.19. The maximum absolute atomic E-state index is 8.96. The Morgan fingerprint density at radius 1 is 1.25 bits per heavy atom. The predicted octanol–water partition coefficient (Wildman–Crippen LogP) is 1.14. The van der Waals surface area contributed by atoms with Gasteiger partial charge in [-0.2, -0.15) is 0 Å². The summed E-state index contributed by atoms with van der Waals surface area (Å²) in [5, 5.41) is 18.5. The summed E-state index contributed by atoms with van der Waals surface area (Å²) in [7, 11) is 1.57. The third-order valence-corrected chi connectivity index (χ3v) is 2.46. The Balaban J connectivity index is 3.00. The topological polar surface area (TPSA) is 52.9 Å². The molecule has 1 aromatic rings. The second-order valence-electron chi connectivity index (χ2n) is 3.25. The van der Waals surface area contributed by atoms with Crippen LogP contribution >= 0.6 is 11.6 Å². The summed E-state index contributed by atoms with van der Waals surface area (Å²) in [6.07, 6.45) is 0. The van der Waals surface area contributed by atoms with E-state index >= 15 is 0 Å². The Hall–Kier alpha value is -0.970. The largest absolute Gasteiger partial charge is 0.495 e. The molecule has 0 bridgehead atoms. The Bertz CT molecular complexity index is 327. The molecule has 5 heteroatoms. The number of rotatable bonds is 6. The van der Waals surface area contributed by atoms with Gasteiger partial charge in [0, 0.05) is 18.1 Å². The van der Waals surface area contributed by atoms with Gasteiger partial charge in [-0.05, 0) is 18.2 Å². The Kier molecular flexibility index (Phi) is 5.38. The molecule has 0 heterocycles. The second kappa shape index (κ2) is 6.58. The van der Waals surface area contributed by atoms with Crippen LogP contribution in [0.15, 0.2) is 18.2 Å². The SMILES string of the molecule is COc1ccc(Cl)cc1N(CCO)CCO. The van der Waals surface area contributed by atoms with Crippen LogP contribution in [0.4, 0.5) is 5.69 Å². The van der Waals surface area contributed by atoms with Crippen molar-refractivity contribution < 1.29 is 14.9 Å². The maximum Gasteiger partial charge on any atom is 0.142 e. The number of anilines is 1. The summed E-state index contributed by atoms with van der Waals surface area (Å²) in [5.74, 6) is 0.673. The van der Waals surface area contributed by atoms with Gasteiger partial charge in [-0.25, -0.2) is 0 Å². The minimum Gasteiger partial charge on any atom is -0.495 e. The molecule has 0 amide bonds. The molecule has 0 atom stereocenters. The van der Waals surface area contributed by atoms with E-state index in [2.05, 4.69) is 0 Å². The Morgan fingerprint density at radius 2 is 1.88 bits per heavy atom. The molecule has 0 aromatic heterocycles. The van der Waals surface area contributed by atoms with Crippen LogP contribution < -0.4 is 9.64 Å². The van der Waals surface area contributed by atoms with Gasteiger partial charge in [-0.1, -0.05) is 11.6 Å². The van der Waals surface area contributed by atoms with Gasteiger partial charge in [0.1, 0.15) is 5.75 Å². The molecule has 0 saturated heterocycles. The summed E-state index contributed by atoms with van der Waals surface area (Å²) >= 11 is 5.91. The van der Waals surface area contributed by atoms with Gasteiger partial charge < -0.3 is 19.8 Å². The van der Waals surface area contributed by atoms with E-state index in [1.807, 2.05) is 4.90 Å². The highest BCUT2D eigenvalue weighted by Gasteiger charge is 2.11. The molecule has 0 aliphatic rings. The molecule has 0 radical (unpaired) electrons. The molecule has 1 rings (SSSR count). The van der Waals surface area contributed by atoms with Crippen molar-refractivity contribution in [1.82, 2.24) is 0 Å². The van der Waals surface area contributed by atoms with Crippen LogP contribution in [0.1, 0.15) is 0 Å². The smallest absolute Gasteiger partial charge is 0.142 e. The number of hydrogen-bond acceptors (Lipinski definition) is 4. The monoisotopic (exact) mass is 245 g/mol. The molecular weight excluding hydrogens is 230 g/mol. The first-order valence-electron chi connectivity index (χ1n) is 5.03. The van der Waals surface area contributed by atoms with Crippen LogP contribution in [0.5, 0.6) is 5.75 Å². The van der Waals surface area contributed by atoms with E-state index in [0.29, 0.717) is 23.9 Å². The van der Waals surface area contributed by atoms with E-state index in [1.54, 1.807) is 25.3 Å². The van der Waals surface area contributed by atoms with Crippen LogP contribution in [0.3, 0.4) is 0 Å². The van der Waals surface area contributed by atoms with Crippen LogP contribution in [0, 0.1) is 0 Å². The van der Waals surface area contributed by atoms with Gasteiger partial charge in [0.15, 0.2) is 0 Å². The number of aliphatic hydroxyl groups is 2. The normalized spacial score (nSPS) is 10.2. The average molecular weight is 246 g/mol. The van der Waals surface area contributed by atoms with Crippen molar-refractivity contribution in [2.75, 3.05) is 38.3 Å². The minimum absolute atomic E-state index is 0.00959. The highest BCUT2D eigenvalue weighted by atomic mass is 35.5. The molecule has 16 heavy (non-hydrogen) atoms. The predicted molar refractivity (Wildman–Crippen MR) is 64.4 cm³/mol. The lowest BCUT2D eigenvalue weighted by Crippen LogP contribution is -2.30. The van der Waals surface area contributed by atoms with E-state index < -0.39 is 0 Å². The summed E-state index contributed by atoms with van der Waals surface area (Å²) in [5.41, 5.74) is 0.776. The minimum atomic E-state index is 0.00959. The first-order chi connectivity index (χ1) is 7.72. The number of nitrogens with zero attached hydrogens (tertiary/aromatic N) is 1. The molecule has 90 valence electrons. The van der Waals surface area contributed by atoms with E-state index in [-0.39, 0.29) is 13.2 Å². The van der Waals surface area contributed by atoms with Crippen molar-refractivity contribution in [3.05, 3.63) is 23.2 Å². The highest BCUT2D eigenvalue weighted by Crippen LogP contribution is 2.30. The van der Waals surface area contributed by atoms with E-state index in [0.717, 1.165) is 5.69 Å². The molecule has 4 nitrogen and oxygen atoms in total. The van der Waals surface area contributed by atoms with E-state index in [9.17, 15) is 0 Å². The van der Waals surface area contributed by atoms with Gasteiger partial charge in [-0.15, -0.1) is 0 Å². The number of aliphatic hydroxyl groups excluding tert-OH is 2. The van der Waals surface area contributed by atoms with Crippen molar-refractivity contribution in [2.45, 2.75) is 0 Å². The van der Waals surface area contributed by atoms with Crippen LogP contribution in [0.2, 0.25) is 5.02 Å².